The minimum Gasteiger partial charge on any atom is -0.380 e. The summed E-state index contributed by atoms with van der Waals surface area (Å²) in [6, 6.07) is 5.21. The minimum atomic E-state index is -0.159. The highest BCUT2D eigenvalue weighted by Gasteiger charge is 2.14. The highest BCUT2D eigenvalue weighted by molar-refractivity contribution is 7.19. The number of rotatable bonds is 5. The number of benzene rings is 1. The second-order valence-electron chi connectivity index (χ2n) is 3.83. The molecule has 0 saturated carbocycles. The van der Waals surface area contributed by atoms with Gasteiger partial charge in [0.15, 0.2) is 0 Å². The predicted molar refractivity (Wildman–Crippen MR) is 69.9 cm³/mol. The van der Waals surface area contributed by atoms with Crippen molar-refractivity contribution in [2.24, 2.45) is 0 Å². The molecule has 92 valence electrons. The molecule has 0 amide bonds. The third-order valence-electron chi connectivity index (χ3n) is 2.67. The molecule has 0 unspecified atom stereocenters. The minimum absolute atomic E-state index is 0.159. The van der Waals surface area contributed by atoms with Crippen LogP contribution in [-0.2, 0) is 17.9 Å². The first-order valence-electron chi connectivity index (χ1n) is 5.66. The van der Waals surface area contributed by atoms with Crippen molar-refractivity contribution in [1.29, 1.82) is 0 Å². The fourth-order valence-corrected chi connectivity index (χ4v) is 3.09. The van der Waals surface area contributed by atoms with Gasteiger partial charge in [-0.05, 0) is 18.7 Å². The number of methoxy groups -OCH3 is 1. The van der Waals surface area contributed by atoms with E-state index < -0.39 is 0 Å². The maximum Gasteiger partial charge on any atom is 0.132 e. The SMILES string of the molecule is CCNCc1sc2cccc(F)c2c1COC. The molecule has 1 aromatic heterocycles. The Balaban J connectivity index is 2.51. The Morgan fingerprint density at radius 3 is 2.94 bits per heavy atom. The molecule has 0 aliphatic carbocycles. The summed E-state index contributed by atoms with van der Waals surface area (Å²) in [5.74, 6) is -0.159. The first-order chi connectivity index (χ1) is 8.27. The van der Waals surface area contributed by atoms with Crippen LogP contribution < -0.4 is 5.32 Å². The second-order valence-corrected chi connectivity index (χ2v) is 4.97. The van der Waals surface area contributed by atoms with Gasteiger partial charge >= 0.3 is 0 Å². The fraction of sp³-hybridized carbons (Fsp3) is 0.385. The maximum absolute atomic E-state index is 13.8. The average Bonchev–Trinajstić information content (AvgIpc) is 2.67. The molecular formula is C13H16FNOS. The van der Waals surface area contributed by atoms with E-state index in [1.165, 1.54) is 6.07 Å². The molecule has 1 heterocycles. The third kappa shape index (κ3) is 2.49. The first kappa shape index (κ1) is 12.5. The molecule has 0 bridgehead atoms. The maximum atomic E-state index is 13.8. The molecule has 1 aromatic carbocycles. The number of nitrogens with one attached hydrogen (secondary N) is 1. The van der Waals surface area contributed by atoms with Crippen molar-refractivity contribution in [1.82, 2.24) is 5.32 Å². The van der Waals surface area contributed by atoms with Gasteiger partial charge in [0.2, 0.25) is 0 Å². The van der Waals surface area contributed by atoms with Crippen LogP contribution >= 0.6 is 11.3 Å². The van der Waals surface area contributed by atoms with Crippen molar-refractivity contribution in [3.63, 3.8) is 0 Å². The second kappa shape index (κ2) is 5.58. The Morgan fingerprint density at radius 1 is 1.41 bits per heavy atom. The van der Waals surface area contributed by atoms with Gasteiger partial charge in [0.1, 0.15) is 5.82 Å². The summed E-state index contributed by atoms with van der Waals surface area (Å²) in [4.78, 5) is 1.16. The smallest absolute Gasteiger partial charge is 0.132 e. The number of ether oxygens (including phenoxy) is 1. The van der Waals surface area contributed by atoms with Gasteiger partial charge in [-0.15, -0.1) is 11.3 Å². The lowest BCUT2D eigenvalue weighted by Crippen LogP contribution is -2.12. The molecule has 0 spiro atoms. The van der Waals surface area contributed by atoms with Crippen LogP contribution in [0.25, 0.3) is 10.1 Å². The van der Waals surface area contributed by atoms with Crippen LogP contribution in [0.4, 0.5) is 4.39 Å². The van der Waals surface area contributed by atoms with E-state index in [0.717, 1.165) is 28.2 Å². The molecule has 2 aromatic rings. The van der Waals surface area contributed by atoms with E-state index in [2.05, 4.69) is 12.2 Å². The summed E-state index contributed by atoms with van der Waals surface area (Å²) in [7, 11) is 1.64. The summed E-state index contributed by atoms with van der Waals surface area (Å²) in [5.41, 5.74) is 0.978. The van der Waals surface area contributed by atoms with E-state index in [9.17, 15) is 4.39 Å². The van der Waals surface area contributed by atoms with Gasteiger partial charge in [-0.1, -0.05) is 13.0 Å². The predicted octanol–water partition coefficient (Wildman–Crippen LogP) is 3.30. The molecular weight excluding hydrogens is 237 g/mol. The van der Waals surface area contributed by atoms with Gasteiger partial charge < -0.3 is 10.1 Å². The Kier molecular flexibility index (Phi) is 4.10. The van der Waals surface area contributed by atoms with E-state index in [1.54, 1.807) is 24.5 Å². The number of halogens is 1. The average molecular weight is 253 g/mol. The summed E-state index contributed by atoms with van der Waals surface area (Å²) >= 11 is 1.64. The lowest BCUT2D eigenvalue weighted by molar-refractivity contribution is 0.185. The van der Waals surface area contributed by atoms with Crippen LogP contribution in [0.15, 0.2) is 18.2 Å². The molecule has 2 nitrogen and oxygen atoms in total. The number of fused-ring (bicyclic) bond motifs is 1. The van der Waals surface area contributed by atoms with Crippen molar-refractivity contribution in [2.45, 2.75) is 20.1 Å². The van der Waals surface area contributed by atoms with Crippen molar-refractivity contribution >= 4 is 21.4 Å². The monoisotopic (exact) mass is 253 g/mol. The van der Waals surface area contributed by atoms with Crippen LogP contribution in [0.2, 0.25) is 0 Å². The molecule has 1 N–H and O–H groups in total. The summed E-state index contributed by atoms with van der Waals surface area (Å²) in [6.45, 7) is 4.20. The Morgan fingerprint density at radius 2 is 2.24 bits per heavy atom. The Hall–Kier alpha value is -0.970. The van der Waals surface area contributed by atoms with Crippen LogP contribution in [0, 0.1) is 5.82 Å². The quantitative estimate of drug-likeness (QED) is 0.882. The van der Waals surface area contributed by atoms with Crippen molar-refractivity contribution < 1.29 is 9.13 Å². The molecule has 17 heavy (non-hydrogen) atoms. The molecule has 0 atom stereocenters. The van der Waals surface area contributed by atoms with Crippen molar-refractivity contribution in [3.05, 3.63) is 34.5 Å². The van der Waals surface area contributed by atoms with Gasteiger partial charge in [0, 0.05) is 34.2 Å². The van der Waals surface area contributed by atoms with Crippen molar-refractivity contribution in [2.75, 3.05) is 13.7 Å². The zero-order valence-electron chi connectivity index (χ0n) is 10.0. The van der Waals surface area contributed by atoms with Gasteiger partial charge in [-0.2, -0.15) is 0 Å². The van der Waals surface area contributed by atoms with Crippen LogP contribution in [-0.4, -0.2) is 13.7 Å². The topological polar surface area (TPSA) is 21.3 Å². The zero-order valence-corrected chi connectivity index (χ0v) is 10.9. The Bertz CT molecular complexity index is 509. The lowest BCUT2D eigenvalue weighted by atomic mass is 10.1. The van der Waals surface area contributed by atoms with E-state index in [1.807, 2.05) is 6.07 Å². The standard InChI is InChI=1S/C13H16FNOS/c1-3-15-7-12-9(8-16-2)13-10(14)5-4-6-11(13)17-12/h4-6,15H,3,7-8H2,1-2H3. The number of hydrogen-bond acceptors (Lipinski definition) is 3. The summed E-state index contributed by atoms with van der Waals surface area (Å²) < 4.78 is 20.0. The van der Waals surface area contributed by atoms with Crippen LogP contribution in [0.5, 0.6) is 0 Å². The largest absolute Gasteiger partial charge is 0.380 e. The third-order valence-corrected chi connectivity index (χ3v) is 3.87. The van der Waals surface area contributed by atoms with Gasteiger partial charge in [0.05, 0.1) is 6.61 Å². The molecule has 2 rings (SSSR count). The van der Waals surface area contributed by atoms with E-state index in [4.69, 9.17) is 4.74 Å². The molecule has 4 heteroatoms. The number of hydrogen-bond donors (Lipinski definition) is 1. The molecule has 0 aliphatic heterocycles. The van der Waals surface area contributed by atoms with E-state index in [-0.39, 0.29) is 5.82 Å². The van der Waals surface area contributed by atoms with Crippen LogP contribution in [0.3, 0.4) is 0 Å². The molecule has 0 fully saturated rings. The lowest BCUT2D eigenvalue weighted by Gasteiger charge is -2.04. The number of thiophene rings is 1. The Labute approximate surface area is 104 Å². The van der Waals surface area contributed by atoms with Gasteiger partial charge in [-0.3, -0.25) is 0 Å². The van der Waals surface area contributed by atoms with E-state index in [0.29, 0.717) is 12.0 Å². The first-order valence-corrected chi connectivity index (χ1v) is 6.48. The fourth-order valence-electron chi connectivity index (χ4n) is 1.89. The van der Waals surface area contributed by atoms with Crippen LogP contribution in [0.1, 0.15) is 17.4 Å². The summed E-state index contributed by atoms with van der Waals surface area (Å²) in [6.07, 6.45) is 0. The zero-order chi connectivity index (χ0) is 12.3. The van der Waals surface area contributed by atoms with Gasteiger partial charge in [0.25, 0.3) is 0 Å². The normalized spacial score (nSPS) is 11.2. The van der Waals surface area contributed by atoms with Crippen molar-refractivity contribution in [3.8, 4) is 0 Å². The highest BCUT2D eigenvalue weighted by atomic mass is 32.1. The van der Waals surface area contributed by atoms with E-state index >= 15 is 0 Å². The van der Waals surface area contributed by atoms with Gasteiger partial charge in [-0.25, -0.2) is 4.39 Å². The molecule has 0 saturated heterocycles. The summed E-state index contributed by atoms with van der Waals surface area (Å²) in [5, 5.41) is 3.99. The molecule has 0 aliphatic rings. The highest BCUT2D eigenvalue weighted by Crippen LogP contribution is 2.33. The molecule has 0 radical (unpaired) electrons.